The summed E-state index contributed by atoms with van der Waals surface area (Å²) in [7, 11) is 1.83. The van der Waals surface area contributed by atoms with E-state index in [4.69, 9.17) is 5.73 Å². The third-order valence-electron chi connectivity index (χ3n) is 3.04. The lowest BCUT2D eigenvalue weighted by Crippen LogP contribution is -2.36. The van der Waals surface area contributed by atoms with E-state index in [2.05, 4.69) is 11.9 Å². The second-order valence-electron chi connectivity index (χ2n) is 4.74. The Bertz CT molecular complexity index is 437. The van der Waals surface area contributed by atoms with E-state index in [-0.39, 0.29) is 11.9 Å². The van der Waals surface area contributed by atoms with Crippen LogP contribution in [0, 0.1) is 0 Å². The van der Waals surface area contributed by atoms with E-state index in [9.17, 15) is 4.79 Å². The first-order valence-corrected chi connectivity index (χ1v) is 7.91. The standard InChI is InChI=1S/C14H23N3OS/c1-5-6-12-7-11(8-13(15)16-12)14(18)17(3)10(2)9-19-4/h7-8,10H,5-6,9H2,1-4H3,(H2,15,16). The number of aryl methyl sites for hydroxylation is 1. The number of nitrogens with zero attached hydrogens (tertiary/aromatic N) is 2. The van der Waals surface area contributed by atoms with E-state index < -0.39 is 0 Å². The lowest BCUT2D eigenvalue weighted by atomic mass is 10.1. The van der Waals surface area contributed by atoms with Crippen LogP contribution in [-0.2, 0) is 6.42 Å². The number of carbonyl (C=O) groups excluding carboxylic acids is 1. The van der Waals surface area contributed by atoms with Crippen LogP contribution >= 0.6 is 11.8 Å². The zero-order valence-electron chi connectivity index (χ0n) is 12.1. The molecule has 0 aliphatic carbocycles. The van der Waals surface area contributed by atoms with Crippen molar-refractivity contribution in [2.75, 3.05) is 24.8 Å². The molecule has 0 spiro atoms. The number of amides is 1. The molecular weight excluding hydrogens is 258 g/mol. The fourth-order valence-electron chi connectivity index (χ4n) is 1.88. The minimum absolute atomic E-state index is 0.00741. The summed E-state index contributed by atoms with van der Waals surface area (Å²) < 4.78 is 0. The topological polar surface area (TPSA) is 59.2 Å². The van der Waals surface area contributed by atoms with Gasteiger partial charge in [0.1, 0.15) is 5.82 Å². The molecule has 106 valence electrons. The number of hydrogen-bond acceptors (Lipinski definition) is 4. The molecule has 0 bridgehead atoms. The van der Waals surface area contributed by atoms with Crippen molar-refractivity contribution >= 4 is 23.5 Å². The lowest BCUT2D eigenvalue weighted by Gasteiger charge is -2.24. The van der Waals surface area contributed by atoms with E-state index in [1.807, 2.05) is 26.3 Å². The van der Waals surface area contributed by atoms with E-state index in [1.54, 1.807) is 22.7 Å². The molecule has 1 unspecified atom stereocenters. The highest BCUT2D eigenvalue weighted by molar-refractivity contribution is 7.98. The third-order valence-corrected chi connectivity index (χ3v) is 3.86. The average Bonchev–Trinajstić information content (AvgIpc) is 2.37. The van der Waals surface area contributed by atoms with Gasteiger partial charge in [0.2, 0.25) is 0 Å². The van der Waals surface area contributed by atoms with E-state index >= 15 is 0 Å². The summed E-state index contributed by atoms with van der Waals surface area (Å²) in [5, 5.41) is 0. The van der Waals surface area contributed by atoms with Gasteiger partial charge in [-0.3, -0.25) is 4.79 Å². The van der Waals surface area contributed by atoms with E-state index in [0.717, 1.165) is 24.3 Å². The molecule has 2 N–H and O–H groups in total. The molecule has 0 saturated heterocycles. The molecule has 0 aliphatic heterocycles. The Hall–Kier alpha value is -1.23. The molecule has 1 heterocycles. The van der Waals surface area contributed by atoms with Crippen molar-refractivity contribution in [2.45, 2.75) is 32.7 Å². The number of anilines is 1. The predicted octanol–water partition coefficient (Wildman–Crippen LogP) is 2.44. The summed E-state index contributed by atoms with van der Waals surface area (Å²) in [5.74, 6) is 1.35. The lowest BCUT2D eigenvalue weighted by molar-refractivity contribution is 0.0757. The first-order chi connectivity index (χ1) is 8.99. The summed E-state index contributed by atoms with van der Waals surface area (Å²) in [5.41, 5.74) is 7.29. The maximum Gasteiger partial charge on any atom is 0.254 e. The first-order valence-electron chi connectivity index (χ1n) is 6.52. The van der Waals surface area contributed by atoms with Crippen molar-refractivity contribution in [2.24, 2.45) is 0 Å². The third kappa shape index (κ3) is 4.42. The number of aromatic nitrogens is 1. The van der Waals surface area contributed by atoms with Gasteiger partial charge >= 0.3 is 0 Å². The number of thioether (sulfide) groups is 1. The second-order valence-corrected chi connectivity index (χ2v) is 5.65. The Morgan fingerprint density at radius 1 is 1.53 bits per heavy atom. The van der Waals surface area contributed by atoms with Gasteiger partial charge in [0.05, 0.1) is 0 Å². The van der Waals surface area contributed by atoms with Gasteiger partial charge in [-0.1, -0.05) is 13.3 Å². The normalized spacial score (nSPS) is 12.2. The van der Waals surface area contributed by atoms with Gasteiger partial charge in [-0.05, 0) is 31.7 Å². The van der Waals surface area contributed by atoms with Gasteiger partial charge in [-0.2, -0.15) is 11.8 Å². The molecule has 1 aromatic rings. The molecule has 5 heteroatoms. The number of hydrogen-bond donors (Lipinski definition) is 1. The zero-order valence-corrected chi connectivity index (χ0v) is 13.0. The first kappa shape index (κ1) is 15.8. The number of rotatable bonds is 6. The maximum atomic E-state index is 12.4. The molecule has 0 aromatic carbocycles. The highest BCUT2D eigenvalue weighted by Gasteiger charge is 2.18. The number of nitrogens with two attached hydrogens (primary N) is 1. The largest absolute Gasteiger partial charge is 0.384 e. The fraction of sp³-hybridized carbons (Fsp3) is 0.571. The Balaban J connectivity index is 2.92. The molecule has 4 nitrogen and oxygen atoms in total. The summed E-state index contributed by atoms with van der Waals surface area (Å²) in [6, 6.07) is 3.71. The number of nitrogen functional groups attached to an aromatic ring is 1. The van der Waals surface area contributed by atoms with Crippen LogP contribution in [-0.4, -0.2) is 40.9 Å². The molecule has 0 radical (unpaired) electrons. The van der Waals surface area contributed by atoms with Crippen molar-refractivity contribution < 1.29 is 4.79 Å². The SMILES string of the molecule is CCCc1cc(C(=O)N(C)C(C)CSC)cc(N)n1. The smallest absolute Gasteiger partial charge is 0.254 e. The van der Waals surface area contributed by atoms with Crippen LogP contribution in [0.5, 0.6) is 0 Å². The van der Waals surface area contributed by atoms with Crippen molar-refractivity contribution in [3.8, 4) is 0 Å². The Morgan fingerprint density at radius 2 is 2.21 bits per heavy atom. The maximum absolute atomic E-state index is 12.4. The van der Waals surface area contributed by atoms with Crippen LogP contribution in [0.4, 0.5) is 5.82 Å². The van der Waals surface area contributed by atoms with Gasteiger partial charge in [0.25, 0.3) is 5.91 Å². The van der Waals surface area contributed by atoms with Crippen molar-refractivity contribution in [1.82, 2.24) is 9.88 Å². The summed E-state index contributed by atoms with van der Waals surface area (Å²) >= 11 is 1.73. The van der Waals surface area contributed by atoms with E-state index in [1.165, 1.54) is 0 Å². The van der Waals surface area contributed by atoms with Crippen molar-refractivity contribution in [3.63, 3.8) is 0 Å². The molecule has 19 heavy (non-hydrogen) atoms. The Labute approximate surface area is 119 Å². The second kappa shape index (κ2) is 7.38. The van der Waals surface area contributed by atoms with Gasteiger partial charge in [0, 0.05) is 30.1 Å². The summed E-state index contributed by atoms with van der Waals surface area (Å²) in [4.78, 5) is 18.4. The van der Waals surface area contributed by atoms with Crippen LogP contribution in [0.1, 0.15) is 36.3 Å². The Kier molecular flexibility index (Phi) is 6.15. The fourth-order valence-corrected chi connectivity index (χ4v) is 2.58. The molecule has 1 atom stereocenters. The predicted molar refractivity (Wildman–Crippen MR) is 82.6 cm³/mol. The van der Waals surface area contributed by atoms with Crippen LogP contribution in [0.2, 0.25) is 0 Å². The molecule has 0 fully saturated rings. The minimum Gasteiger partial charge on any atom is -0.384 e. The summed E-state index contributed by atoms with van der Waals surface area (Å²) in [6.07, 6.45) is 3.87. The van der Waals surface area contributed by atoms with Crippen molar-refractivity contribution in [1.29, 1.82) is 0 Å². The van der Waals surface area contributed by atoms with Crippen LogP contribution < -0.4 is 5.73 Å². The van der Waals surface area contributed by atoms with Crippen LogP contribution in [0.3, 0.4) is 0 Å². The average molecular weight is 281 g/mol. The van der Waals surface area contributed by atoms with Crippen molar-refractivity contribution in [3.05, 3.63) is 23.4 Å². The highest BCUT2D eigenvalue weighted by Crippen LogP contribution is 2.14. The van der Waals surface area contributed by atoms with Gasteiger partial charge in [-0.25, -0.2) is 4.98 Å². The summed E-state index contributed by atoms with van der Waals surface area (Å²) in [6.45, 7) is 4.13. The van der Waals surface area contributed by atoms with Crippen LogP contribution in [0.15, 0.2) is 12.1 Å². The van der Waals surface area contributed by atoms with Crippen LogP contribution in [0.25, 0.3) is 0 Å². The minimum atomic E-state index is 0.00741. The van der Waals surface area contributed by atoms with Gasteiger partial charge < -0.3 is 10.6 Å². The Morgan fingerprint density at radius 3 is 2.79 bits per heavy atom. The number of carbonyl (C=O) groups is 1. The van der Waals surface area contributed by atoms with Gasteiger partial charge in [-0.15, -0.1) is 0 Å². The quantitative estimate of drug-likeness (QED) is 0.870. The highest BCUT2D eigenvalue weighted by atomic mass is 32.2. The number of pyridine rings is 1. The molecular formula is C14H23N3OS. The molecule has 1 aromatic heterocycles. The monoisotopic (exact) mass is 281 g/mol. The van der Waals surface area contributed by atoms with E-state index in [0.29, 0.717) is 11.4 Å². The molecule has 0 saturated carbocycles. The molecule has 1 amide bonds. The van der Waals surface area contributed by atoms with Gasteiger partial charge in [0.15, 0.2) is 0 Å². The zero-order chi connectivity index (χ0) is 14.4. The molecule has 1 rings (SSSR count). The molecule has 0 aliphatic rings.